The van der Waals surface area contributed by atoms with E-state index in [1.807, 2.05) is 60.7 Å². The summed E-state index contributed by atoms with van der Waals surface area (Å²) < 4.78 is 18.4. The Balaban J connectivity index is 1.29. The molecule has 178 valence electrons. The number of thioether (sulfide) groups is 1. The summed E-state index contributed by atoms with van der Waals surface area (Å²) in [7, 11) is 0. The van der Waals surface area contributed by atoms with Crippen LogP contribution in [0.25, 0.3) is 6.08 Å². The predicted molar refractivity (Wildman–Crippen MR) is 145 cm³/mol. The van der Waals surface area contributed by atoms with Crippen LogP contribution < -0.4 is 19.5 Å². The zero-order valence-electron chi connectivity index (χ0n) is 18.6. The zero-order valence-corrected chi connectivity index (χ0v) is 22.6. The highest BCUT2D eigenvalue weighted by Gasteiger charge is 2.24. The second-order valence-corrected chi connectivity index (χ2v) is 10.5. The third kappa shape index (κ3) is 5.58. The van der Waals surface area contributed by atoms with Gasteiger partial charge in [0.1, 0.15) is 12.4 Å². The van der Waals surface area contributed by atoms with Crippen molar-refractivity contribution in [2.75, 3.05) is 6.79 Å². The van der Waals surface area contributed by atoms with E-state index in [1.165, 1.54) is 17.3 Å². The number of halogens is 2. The van der Waals surface area contributed by atoms with Gasteiger partial charge < -0.3 is 19.5 Å². The molecule has 1 fully saturated rings. The second-order valence-electron chi connectivity index (χ2n) is 7.79. The number of aryl methyl sites for hydroxylation is 1. The van der Waals surface area contributed by atoms with E-state index in [1.54, 1.807) is 0 Å². The van der Waals surface area contributed by atoms with Gasteiger partial charge in [-0.05, 0) is 109 Å². The molecule has 1 saturated heterocycles. The van der Waals surface area contributed by atoms with Crippen molar-refractivity contribution in [2.45, 2.75) is 20.0 Å². The number of amidine groups is 1. The highest BCUT2D eigenvalue weighted by atomic mass is 79.9. The Morgan fingerprint density at radius 1 is 1.03 bits per heavy atom. The van der Waals surface area contributed by atoms with Gasteiger partial charge in [-0.1, -0.05) is 25.1 Å². The van der Waals surface area contributed by atoms with Crippen molar-refractivity contribution >= 4 is 66.5 Å². The second kappa shape index (κ2) is 10.5. The molecule has 2 aliphatic rings. The topological polar surface area (TPSA) is 69.2 Å². The summed E-state index contributed by atoms with van der Waals surface area (Å²) in [5, 5.41) is 3.40. The van der Waals surface area contributed by atoms with E-state index in [9.17, 15) is 4.79 Å². The molecule has 0 aromatic heterocycles. The van der Waals surface area contributed by atoms with Crippen molar-refractivity contribution in [1.82, 2.24) is 5.32 Å². The Hall–Kier alpha value is -2.75. The molecule has 0 spiro atoms. The molecule has 2 aliphatic heterocycles. The van der Waals surface area contributed by atoms with E-state index in [0.717, 1.165) is 43.7 Å². The van der Waals surface area contributed by atoms with E-state index >= 15 is 0 Å². The quantitative estimate of drug-likeness (QED) is 0.303. The Morgan fingerprint density at radius 2 is 1.74 bits per heavy atom. The molecule has 0 unspecified atom stereocenters. The number of carbonyl (C=O) groups is 1. The highest BCUT2D eigenvalue weighted by Crippen LogP contribution is 2.38. The first-order chi connectivity index (χ1) is 17.0. The van der Waals surface area contributed by atoms with Crippen LogP contribution in [0, 0.1) is 0 Å². The molecule has 9 heteroatoms. The molecule has 1 N–H and O–H groups in total. The SMILES string of the molecule is CCc1ccc(N=C2NC(=O)/C(=C/c3cc(Br)c(OCc4ccc5c(c4)OCO5)c(Br)c3)S2)cc1. The fourth-order valence-corrected chi connectivity index (χ4v) is 5.83. The lowest BCUT2D eigenvalue weighted by Gasteiger charge is -2.12. The number of hydrogen-bond acceptors (Lipinski definition) is 6. The fourth-order valence-electron chi connectivity index (χ4n) is 3.54. The Bertz CT molecular complexity index is 1330. The molecule has 0 atom stereocenters. The molecule has 1 amide bonds. The van der Waals surface area contributed by atoms with Gasteiger partial charge in [-0.2, -0.15) is 0 Å². The van der Waals surface area contributed by atoms with E-state index in [2.05, 4.69) is 49.1 Å². The van der Waals surface area contributed by atoms with Crippen LogP contribution in [-0.2, 0) is 17.8 Å². The molecule has 3 aromatic rings. The summed E-state index contributed by atoms with van der Waals surface area (Å²) in [6, 6.07) is 17.6. The van der Waals surface area contributed by atoms with Crippen LogP contribution >= 0.6 is 43.6 Å². The number of amides is 1. The number of ether oxygens (including phenoxy) is 3. The number of fused-ring (bicyclic) bond motifs is 1. The lowest BCUT2D eigenvalue weighted by atomic mass is 10.2. The largest absolute Gasteiger partial charge is 0.487 e. The lowest BCUT2D eigenvalue weighted by molar-refractivity contribution is -0.115. The Morgan fingerprint density at radius 3 is 2.49 bits per heavy atom. The van der Waals surface area contributed by atoms with Crippen LogP contribution in [-0.4, -0.2) is 17.9 Å². The van der Waals surface area contributed by atoms with E-state index in [0.29, 0.717) is 22.4 Å². The first-order valence-electron chi connectivity index (χ1n) is 10.9. The lowest BCUT2D eigenvalue weighted by Crippen LogP contribution is -2.19. The van der Waals surface area contributed by atoms with Gasteiger partial charge in [0.05, 0.1) is 19.5 Å². The van der Waals surface area contributed by atoms with Crippen LogP contribution in [0.3, 0.4) is 0 Å². The molecule has 5 rings (SSSR count). The molecule has 0 saturated carbocycles. The van der Waals surface area contributed by atoms with Gasteiger partial charge in [0.25, 0.3) is 5.91 Å². The third-order valence-electron chi connectivity index (χ3n) is 5.36. The van der Waals surface area contributed by atoms with Gasteiger partial charge in [-0.3, -0.25) is 4.79 Å². The summed E-state index contributed by atoms with van der Waals surface area (Å²) in [6.07, 6.45) is 2.81. The van der Waals surface area contributed by atoms with Crippen molar-refractivity contribution in [2.24, 2.45) is 4.99 Å². The number of hydrogen-bond donors (Lipinski definition) is 1. The number of carbonyl (C=O) groups excluding carboxylic acids is 1. The molecule has 0 radical (unpaired) electrons. The van der Waals surface area contributed by atoms with E-state index in [-0.39, 0.29) is 12.7 Å². The molecule has 0 aliphatic carbocycles. The standard InChI is InChI=1S/C26H20Br2N2O4S/c1-2-15-3-6-18(7-4-15)29-26-30-25(31)23(35-26)12-17-9-19(27)24(20(28)10-17)32-13-16-5-8-21-22(11-16)34-14-33-21/h3-12H,2,13-14H2,1H3,(H,29,30,31)/b23-12-. The third-order valence-corrected chi connectivity index (χ3v) is 7.45. The van der Waals surface area contributed by atoms with Crippen molar-refractivity contribution < 1.29 is 19.0 Å². The van der Waals surface area contributed by atoms with Crippen molar-refractivity contribution in [3.8, 4) is 17.2 Å². The maximum absolute atomic E-state index is 12.5. The summed E-state index contributed by atoms with van der Waals surface area (Å²) in [5.41, 5.74) is 3.87. The van der Waals surface area contributed by atoms with Crippen molar-refractivity contribution in [3.63, 3.8) is 0 Å². The molecular formula is C26H20Br2N2O4S. The van der Waals surface area contributed by atoms with Crippen LogP contribution in [0.2, 0.25) is 0 Å². The molecular weight excluding hydrogens is 596 g/mol. The van der Waals surface area contributed by atoms with Gasteiger partial charge in [-0.25, -0.2) is 4.99 Å². The molecule has 3 aromatic carbocycles. The van der Waals surface area contributed by atoms with Gasteiger partial charge in [-0.15, -0.1) is 0 Å². The smallest absolute Gasteiger partial charge is 0.264 e. The fraction of sp³-hybridized carbons (Fsp3) is 0.154. The van der Waals surface area contributed by atoms with Crippen molar-refractivity contribution in [1.29, 1.82) is 0 Å². The molecule has 2 heterocycles. The molecule has 6 nitrogen and oxygen atoms in total. The number of nitrogens with one attached hydrogen (secondary N) is 1. The van der Waals surface area contributed by atoms with Crippen LogP contribution in [0.1, 0.15) is 23.6 Å². The van der Waals surface area contributed by atoms with Crippen LogP contribution in [0.4, 0.5) is 5.69 Å². The average Bonchev–Trinajstić information content (AvgIpc) is 3.44. The summed E-state index contributed by atoms with van der Waals surface area (Å²) in [4.78, 5) is 17.6. The summed E-state index contributed by atoms with van der Waals surface area (Å²) >= 11 is 8.51. The van der Waals surface area contributed by atoms with Crippen molar-refractivity contribution in [3.05, 3.63) is 85.1 Å². The first kappa shape index (κ1) is 24.0. The van der Waals surface area contributed by atoms with Gasteiger partial charge in [0, 0.05) is 0 Å². The maximum Gasteiger partial charge on any atom is 0.264 e. The maximum atomic E-state index is 12.5. The zero-order chi connectivity index (χ0) is 24.4. The average molecular weight is 616 g/mol. The monoisotopic (exact) mass is 614 g/mol. The number of aliphatic imine (C=N–C) groups is 1. The highest BCUT2D eigenvalue weighted by molar-refractivity contribution is 9.11. The first-order valence-corrected chi connectivity index (χ1v) is 13.3. The van der Waals surface area contributed by atoms with Gasteiger partial charge >= 0.3 is 0 Å². The normalized spacial score (nSPS) is 16.7. The van der Waals surface area contributed by atoms with Crippen LogP contribution in [0.5, 0.6) is 17.2 Å². The Kier molecular flexibility index (Phi) is 7.17. The minimum absolute atomic E-state index is 0.172. The van der Waals surface area contributed by atoms with Gasteiger partial charge in [0.15, 0.2) is 16.7 Å². The predicted octanol–water partition coefficient (Wildman–Crippen LogP) is 6.97. The van der Waals surface area contributed by atoms with Gasteiger partial charge in [0.2, 0.25) is 6.79 Å². The van der Waals surface area contributed by atoms with Crippen LogP contribution in [0.15, 0.2) is 73.4 Å². The van der Waals surface area contributed by atoms with E-state index in [4.69, 9.17) is 14.2 Å². The van der Waals surface area contributed by atoms with E-state index < -0.39 is 0 Å². The Labute approximate surface area is 224 Å². The molecule has 35 heavy (non-hydrogen) atoms. The number of nitrogens with zero attached hydrogens (tertiary/aromatic N) is 1. The molecule has 0 bridgehead atoms. The summed E-state index contributed by atoms with van der Waals surface area (Å²) in [5.74, 6) is 1.96. The number of rotatable bonds is 6. The minimum atomic E-state index is -0.172. The minimum Gasteiger partial charge on any atom is -0.487 e. The summed E-state index contributed by atoms with van der Waals surface area (Å²) in [6.45, 7) is 2.72. The number of benzene rings is 3.